The summed E-state index contributed by atoms with van der Waals surface area (Å²) < 4.78 is 0. The van der Waals surface area contributed by atoms with Crippen LogP contribution in [0.1, 0.15) is 52.0 Å². The van der Waals surface area contributed by atoms with E-state index in [1.54, 1.807) is 0 Å². The summed E-state index contributed by atoms with van der Waals surface area (Å²) in [5.74, 6) is -0.375. The molecule has 0 fully saturated rings. The van der Waals surface area contributed by atoms with Gasteiger partial charge < -0.3 is 5.32 Å². The molecule has 0 aliphatic carbocycles. The Labute approximate surface area is 164 Å². The third-order valence-electron chi connectivity index (χ3n) is 4.19. The first-order valence-corrected chi connectivity index (χ1v) is 10.2. The highest BCUT2D eigenvalue weighted by Gasteiger charge is 2.25. The third kappa shape index (κ3) is 6.43. The Morgan fingerprint density at radius 3 is 2.63 bits per heavy atom. The number of aryl methyl sites for hydroxylation is 1. The minimum Gasteiger partial charge on any atom is -0.344 e. The molecule has 1 aromatic carbocycles. The van der Waals surface area contributed by atoms with Crippen molar-refractivity contribution in [3.8, 4) is 10.6 Å². The van der Waals surface area contributed by atoms with E-state index in [9.17, 15) is 9.59 Å². The zero-order valence-electron chi connectivity index (χ0n) is 16.4. The second-order valence-corrected chi connectivity index (χ2v) is 7.99. The van der Waals surface area contributed by atoms with Crippen LogP contribution in [0, 0.1) is 12.8 Å². The normalized spacial score (nSPS) is 12.0. The number of aromatic nitrogens is 2. The van der Waals surface area contributed by atoms with E-state index in [0.717, 1.165) is 35.4 Å². The van der Waals surface area contributed by atoms with Gasteiger partial charge in [-0.05, 0) is 25.3 Å². The van der Waals surface area contributed by atoms with Crippen molar-refractivity contribution in [3.05, 3.63) is 29.8 Å². The Morgan fingerprint density at radius 2 is 1.96 bits per heavy atom. The van der Waals surface area contributed by atoms with E-state index in [1.165, 1.54) is 11.3 Å². The summed E-state index contributed by atoms with van der Waals surface area (Å²) in [6.45, 7) is 7.93. The molecule has 0 aliphatic rings. The van der Waals surface area contributed by atoms with Crippen LogP contribution in [0.3, 0.4) is 0 Å². The molecule has 0 bridgehead atoms. The molecule has 7 heteroatoms. The maximum atomic E-state index is 12.6. The molecule has 2 N–H and O–H groups in total. The number of carbonyl (C=O) groups excluding carboxylic acids is 2. The standard InChI is InChI=1S/C20H28N4O2S/c1-5-6-7-11-16(25)21-17(13(2)3)18(26)22-20-24-23-19(27-20)15-10-8-9-14(4)12-15/h8-10,12-13,17H,5-7,11H2,1-4H3,(H,21,25)(H,22,24,26). The molecule has 27 heavy (non-hydrogen) atoms. The molecule has 1 aromatic heterocycles. The maximum Gasteiger partial charge on any atom is 0.249 e. The van der Waals surface area contributed by atoms with E-state index in [1.807, 2.05) is 45.0 Å². The van der Waals surface area contributed by atoms with E-state index in [2.05, 4.69) is 27.8 Å². The summed E-state index contributed by atoms with van der Waals surface area (Å²) in [7, 11) is 0. The van der Waals surface area contributed by atoms with Gasteiger partial charge in [-0.2, -0.15) is 0 Å². The molecule has 0 aliphatic heterocycles. The molecule has 0 saturated heterocycles. The van der Waals surface area contributed by atoms with Gasteiger partial charge in [-0.3, -0.25) is 14.9 Å². The lowest BCUT2D eigenvalue weighted by molar-refractivity contribution is -0.127. The van der Waals surface area contributed by atoms with Crippen LogP contribution in [0.25, 0.3) is 10.6 Å². The summed E-state index contributed by atoms with van der Waals surface area (Å²) in [6.07, 6.45) is 3.35. The lowest BCUT2D eigenvalue weighted by Crippen LogP contribution is -2.47. The zero-order valence-corrected chi connectivity index (χ0v) is 17.2. The minimum atomic E-state index is -0.592. The molecular formula is C20H28N4O2S. The van der Waals surface area contributed by atoms with Crippen molar-refractivity contribution in [1.82, 2.24) is 15.5 Å². The van der Waals surface area contributed by atoms with Crippen molar-refractivity contribution in [3.63, 3.8) is 0 Å². The monoisotopic (exact) mass is 388 g/mol. The number of hydrogen-bond acceptors (Lipinski definition) is 5. The van der Waals surface area contributed by atoms with Gasteiger partial charge in [-0.25, -0.2) is 0 Å². The summed E-state index contributed by atoms with van der Waals surface area (Å²) >= 11 is 1.32. The van der Waals surface area contributed by atoms with Gasteiger partial charge in [-0.15, -0.1) is 10.2 Å². The van der Waals surface area contributed by atoms with E-state index in [4.69, 9.17) is 0 Å². The average Bonchev–Trinajstić information content (AvgIpc) is 3.08. The van der Waals surface area contributed by atoms with Crippen LogP contribution in [0.15, 0.2) is 24.3 Å². The highest BCUT2D eigenvalue weighted by atomic mass is 32.1. The van der Waals surface area contributed by atoms with Crippen LogP contribution < -0.4 is 10.6 Å². The van der Waals surface area contributed by atoms with Crippen LogP contribution >= 0.6 is 11.3 Å². The molecule has 0 radical (unpaired) electrons. The molecule has 1 atom stereocenters. The largest absolute Gasteiger partial charge is 0.344 e. The molecule has 0 saturated carbocycles. The Balaban J connectivity index is 2.00. The molecule has 2 rings (SSSR count). The molecule has 2 aromatic rings. The Morgan fingerprint density at radius 1 is 1.19 bits per heavy atom. The fraction of sp³-hybridized carbons (Fsp3) is 0.500. The van der Waals surface area contributed by atoms with Crippen LogP contribution in [0.5, 0.6) is 0 Å². The fourth-order valence-corrected chi connectivity index (χ4v) is 3.41. The number of anilines is 1. The number of hydrogen-bond donors (Lipinski definition) is 2. The predicted octanol–water partition coefficient (Wildman–Crippen LogP) is 4.17. The van der Waals surface area contributed by atoms with E-state index >= 15 is 0 Å². The SMILES string of the molecule is CCCCCC(=O)NC(C(=O)Nc1nnc(-c2cccc(C)c2)s1)C(C)C. The molecule has 1 unspecified atom stereocenters. The lowest BCUT2D eigenvalue weighted by Gasteiger charge is -2.21. The number of rotatable bonds is 9. The first-order chi connectivity index (χ1) is 12.9. The van der Waals surface area contributed by atoms with Gasteiger partial charge in [0.25, 0.3) is 0 Å². The highest BCUT2D eigenvalue weighted by molar-refractivity contribution is 7.18. The number of carbonyl (C=O) groups is 2. The Hall–Kier alpha value is -2.28. The molecule has 1 heterocycles. The van der Waals surface area contributed by atoms with Crippen molar-refractivity contribution in [2.45, 2.75) is 59.4 Å². The maximum absolute atomic E-state index is 12.6. The van der Waals surface area contributed by atoms with Crippen LogP contribution in [-0.2, 0) is 9.59 Å². The second kappa shape index (κ2) is 10.2. The van der Waals surface area contributed by atoms with Crippen molar-refractivity contribution in [1.29, 1.82) is 0 Å². The van der Waals surface area contributed by atoms with E-state index < -0.39 is 6.04 Å². The van der Waals surface area contributed by atoms with Crippen LogP contribution in [0.4, 0.5) is 5.13 Å². The Kier molecular flexibility index (Phi) is 7.91. The van der Waals surface area contributed by atoms with Crippen molar-refractivity contribution in [2.24, 2.45) is 5.92 Å². The van der Waals surface area contributed by atoms with Gasteiger partial charge in [-0.1, -0.05) is 68.7 Å². The smallest absolute Gasteiger partial charge is 0.249 e. The summed E-state index contributed by atoms with van der Waals surface area (Å²) in [6, 6.07) is 7.38. The van der Waals surface area contributed by atoms with Gasteiger partial charge in [0.2, 0.25) is 16.9 Å². The number of nitrogens with zero attached hydrogens (tertiary/aromatic N) is 2. The van der Waals surface area contributed by atoms with Crippen molar-refractivity contribution >= 4 is 28.3 Å². The van der Waals surface area contributed by atoms with Crippen LogP contribution in [-0.4, -0.2) is 28.1 Å². The fourth-order valence-electron chi connectivity index (χ4n) is 2.67. The third-order valence-corrected chi connectivity index (χ3v) is 5.08. The van der Waals surface area contributed by atoms with Crippen molar-refractivity contribution in [2.75, 3.05) is 5.32 Å². The van der Waals surface area contributed by atoms with E-state index in [-0.39, 0.29) is 17.7 Å². The quantitative estimate of drug-likeness (QED) is 0.631. The topological polar surface area (TPSA) is 84.0 Å². The first kappa shape index (κ1) is 21.0. The van der Waals surface area contributed by atoms with Crippen LogP contribution in [0.2, 0.25) is 0 Å². The molecular weight excluding hydrogens is 360 g/mol. The number of unbranched alkanes of at least 4 members (excludes halogenated alkanes) is 2. The van der Waals surface area contributed by atoms with Gasteiger partial charge >= 0.3 is 0 Å². The van der Waals surface area contributed by atoms with Gasteiger partial charge in [0, 0.05) is 12.0 Å². The summed E-state index contributed by atoms with van der Waals surface area (Å²) in [5.41, 5.74) is 2.11. The molecule has 6 nitrogen and oxygen atoms in total. The molecule has 2 amide bonds. The predicted molar refractivity (Wildman–Crippen MR) is 110 cm³/mol. The van der Waals surface area contributed by atoms with Gasteiger partial charge in [0.15, 0.2) is 0 Å². The van der Waals surface area contributed by atoms with Gasteiger partial charge in [0.1, 0.15) is 11.0 Å². The van der Waals surface area contributed by atoms with Crippen molar-refractivity contribution < 1.29 is 9.59 Å². The summed E-state index contributed by atoms with van der Waals surface area (Å²) in [4.78, 5) is 24.7. The number of benzene rings is 1. The molecule has 0 spiro atoms. The van der Waals surface area contributed by atoms with Gasteiger partial charge in [0.05, 0.1) is 0 Å². The highest BCUT2D eigenvalue weighted by Crippen LogP contribution is 2.27. The Bertz CT molecular complexity index is 773. The lowest BCUT2D eigenvalue weighted by atomic mass is 10.0. The second-order valence-electron chi connectivity index (χ2n) is 7.02. The molecule has 146 valence electrons. The number of nitrogens with one attached hydrogen (secondary N) is 2. The average molecular weight is 389 g/mol. The minimum absolute atomic E-state index is 0.0238. The summed E-state index contributed by atoms with van der Waals surface area (Å²) in [5, 5.41) is 15.1. The number of amides is 2. The first-order valence-electron chi connectivity index (χ1n) is 9.41. The van der Waals surface area contributed by atoms with E-state index in [0.29, 0.717) is 11.6 Å². The zero-order chi connectivity index (χ0) is 19.8.